The molecule has 15 heavy (non-hydrogen) atoms. The fourth-order valence-corrected chi connectivity index (χ4v) is 1.45. The third-order valence-electron chi connectivity index (χ3n) is 2.12. The summed E-state index contributed by atoms with van der Waals surface area (Å²) in [7, 11) is 1.52. The summed E-state index contributed by atoms with van der Waals surface area (Å²) in [5, 5.41) is 1.21. The number of carbonyl (C=O) groups is 2. The fraction of sp³-hybridized carbons (Fsp3) is 0.200. The van der Waals surface area contributed by atoms with Gasteiger partial charge in [-0.25, -0.2) is 5.01 Å². The minimum atomic E-state index is -0.300. The van der Waals surface area contributed by atoms with Gasteiger partial charge in [0.05, 0.1) is 7.11 Å². The Kier molecular flexibility index (Phi) is 2.29. The Morgan fingerprint density at radius 1 is 1.33 bits per heavy atom. The van der Waals surface area contributed by atoms with E-state index in [0.717, 1.165) is 0 Å². The van der Waals surface area contributed by atoms with E-state index in [4.69, 9.17) is 4.74 Å². The van der Waals surface area contributed by atoms with E-state index in [2.05, 4.69) is 5.43 Å². The van der Waals surface area contributed by atoms with Gasteiger partial charge in [0.1, 0.15) is 17.9 Å². The van der Waals surface area contributed by atoms with Crippen molar-refractivity contribution in [3.05, 3.63) is 24.3 Å². The van der Waals surface area contributed by atoms with Crippen LogP contribution in [0.3, 0.4) is 0 Å². The largest absolute Gasteiger partial charge is 0.494 e. The number of para-hydroxylation sites is 2. The van der Waals surface area contributed by atoms with E-state index in [0.29, 0.717) is 11.4 Å². The summed E-state index contributed by atoms with van der Waals surface area (Å²) in [6.07, 6.45) is -0.113. The predicted molar refractivity (Wildman–Crippen MR) is 53.2 cm³/mol. The van der Waals surface area contributed by atoms with Crippen LogP contribution in [0.4, 0.5) is 5.69 Å². The summed E-state index contributed by atoms with van der Waals surface area (Å²) >= 11 is 0. The van der Waals surface area contributed by atoms with Crippen LogP contribution < -0.4 is 15.2 Å². The molecule has 0 spiro atoms. The number of hydrogen-bond donors (Lipinski definition) is 1. The molecule has 1 aliphatic rings. The van der Waals surface area contributed by atoms with E-state index in [1.165, 1.54) is 12.1 Å². The summed E-state index contributed by atoms with van der Waals surface area (Å²) in [5.41, 5.74) is 3.01. The third-order valence-corrected chi connectivity index (χ3v) is 2.12. The Morgan fingerprint density at radius 2 is 2.07 bits per heavy atom. The first kappa shape index (κ1) is 9.51. The maximum Gasteiger partial charge on any atom is 0.255 e. The summed E-state index contributed by atoms with van der Waals surface area (Å²) < 4.78 is 5.10. The molecule has 1 heterocycles. The molecule has 0 bridgehead atoms. The Hall–Kier alpha value is -2.04. The molecule has 2 rings (SSSR count). The van der Waals surface area contributed by atoms with Gasteiger partial charge in [0, 0.05) is 0 Å². The molecule has 1 fully saturated rings. The first-order valence-corrected chi connectivity index (χ1v) is 4.48. The highest BCUT2D eigenvalue weighted by molar-refractivity contribution is 6.12. The number of benzene rings is 1. The number of hydrogen-bond acceptors (Lipinski definition) is 3. The van der Waals surface area contributed by atoms with Crippen molar-refractivity contribution >= 4 is 17.5 Å². The van der Waals surface area contributed by atoms with Crippen molar-refractivity contribution in [2.75, 3.05) is 12.1 Å². The molecule has 1 aromatic carbocycles. The van der Waals surface area contributed by atoms with Crippen molar-refractivity contribution in [1.29, 1.82) is 0 Å². The Bertz CT molecular complexity index is 417. The summed E-state index contributed by atoms with van der Waals surface area (Å²) in [6, 6.07) is 7.01. The molecular formula is C10H10N2O3. The molecular weight excluding hydrogens is 196 g/mol. The van der Waals surface area contributed by atoms with Gasteiger partial charge in [0.2, 0.25) is 5.91 Å². The van der Waals surface area contributed by atoms with E-state index >= 15 is 0 Å². The molecule has 0 radical (unpaired) electrons. The quantitative estimate of drug-likeness (QED) is 0.715. The molecule has 0 unspecified atom stereocenters. The molecule has 0 atom stereocenters. The average molecular weight is 206 g/mol. The number of rotatable bonds is 2. The predicted octanol–water partition coefficient (Wildman–Crippen LogP) is 0.463. The monoisotopic (exact) mass is 206 g/mol. The van der Waals surface area contributed by atoms with Gasteiger partial charge in [0.25, 0.3) is 5.91 Å². The maximum atomic E-state index is 11.4. The van der Waals surface area contributed by atoms with Gasteiger partial charge in [-0.05, 0) is 12.1 Å². The first-order chi connectivity index (χ1) is 7.22. The molecule has 0 saturated carbocycles. The molecule has 1 saturated heterocycles. The minimum Gasteiger partial charge on any atom is -0.494 e. The van der Waals surface area contributed by atoms with E-state index in [9.17, 15) is 9.59 Å². The highest BCUT2D eigenvalue weighted by Crippen LogP contribution is 2.28. The summed E-state index contributed by atoms with van der Waals surface area (Å²) in [6.45, 7) is 0. The van der Waals surface area contributed by atoms with Gasteiger partial charge in [-0.1, -0.05) is 12.1 Å². The van der Waals surface area contributed by atoms with Gasteiger partial charge in [0.15, 0.2) is 0 Å². The maximum absolute atomic E-state index is 11.4. The van der Waals surface area contributed by atoms with E-state index in [1.54, 1.807) is 24.3 Å². The van der Waals surface area contributed by atoms with Gasteiger partial charge in [-0.3, -0.25) is 15.0 Å². The third kappa shape index (κ3) is 1.63. The molecule has 78 valence electrons. The number of methoxy groups -OCH3 is 1. The van der Waals surface area contributed by atoms with Crippen LogP contribution in [-0.4, -0.2) is 18.9 Å². The van der Waals surface area contributed by atoms with Crippen LogP contribution in [0.25, 0.3) is 0 Å². The molecule has 0 aromatic heterocycles. The topological polar surface area (TPSA) is 58.6 Å². The van der Waals surface area contributed by atoms with Crippen LogP contribution in [0.15, 0.2) is 24.3 Å². The zero-order chi connectivity index (χ0) is 10.8. The van der Waals surface area contributed by atoms with Crippen molar-refractivity contribution in [1.82, 2.24) is 5.43 Å². The smallest absolute Gasteiger partial charge is 0.255 e. The number of anilines is 1. The summed E-state index contributed by atoms with van der Waals surface area (Å²) in [4.78, 5) is 22.5. The van der Waals surface area contributed by atoms with Crippen LogP contribution in [0.2, 0.25) is 0 Å². The summed E-state index contributed by atoms with van der Waals surface area (Å²) in [5.74, 6) is -0.0246. The fourth-order valence-electron chi connectivity index (χ4n) is 1.45. The lowest BCUT2D eigenvalue weighted by atomic mass is 10.3. The lowest BCUT2D eigenvalue weighted by Crippen LogP contribution is -2.35. The lowest BCUT2D eigenvalue weighted by Gasteiger charge is -2.17. The average Bonchev–Trinajstić information content (AvgIpc) is 2.57. The van der Waals surface area contributed by atoms with Gasteiger partial charge < -0.3 is 4.74 Å². The second-order valence-electron chi connectivity index (χ2n) is 3.11. The van der Waals surface area contributed by atoms with Gasteiger partial charge in [-0.15, -0.1) is 0 Å². The van der Waals surface area contributed by atoms with E-state index in [-0.39, 0.29) is 18.2 Å². The van der Waals surface area contributed by atoms with Crippen LogP contribution in [0.1, 0.15) is 6.42 Å². The molecule has 2 amide bonds. The molecule has 5 heteroatoms. The van der Waals surface area contributed by atoms with E-state index in [1.807, 2.05) is 0 Å². The lowest BCUT2D eigenvalue weighted by molar-refractivity contribution is -0.122. The molecule has 1 aromatic rings. The molecule has 1 N–H and O–H groups in total. The SMILES string of the molecule is COc1ccccc1N1NC(=O)CC1=O. The Balaban J connectivity index is 2.37. The zero-order valence-electron chi connectivity index (χ0n) is 8.19. The standard InChI is InChI=1S/C10H10N2O3/c1-15-8-5-3-2-4-7(8)12-10(14)6-9(13)11-12/h2-5H,6H2,1H3,(H,11,13). The van der Waals surface area contributed by atoms with Crippen LogP contribution in [-0.2, 0) is 9.59 Å². The van der Waals surface area contributed by atoms with Gasteiger partial charge in [-0.2, -0.15) is 0 Å². The highest BCUT2D eigenvalue weighted by atomic mass is 16.5. The number of amides is 2. The van der Waals surface area contributed by atoms with Crippen molar-refractivity contribution in [3.63, 3.8) is 0 Å². The Morgan fingerprint density at radius 3 is 2.67 bits per heavy atom. The normalized spacial score (nSPS) is 15.4. The number of hydrazine groups is 1. The van der Waals surface area contributed by atoms with Crippen LogP contribution >= 0.6 is 0 Å². The van der Waals surface area contributed by atoms with Gasteiger partial charge >= 0.3 is 0 Å². The molecule has 1 aliphatic heterocycles. The zero-order valence-corrected chi connectivity index (χ0v) is 8.19. The number of ether oxygens (including phenoxy) is 1. The Labute approximate surface area is 86.6 Å². The molecule has 5 nitrogen and oxygen atoms in total. The minimum absolute atomic E-state index is 0.113. The van der Waals surface area contributed by atoms with E-state index < -0.39 is 0 Å². The highest BCUT2D eigenvalue weighted by Gasteiger charge is 2.29. The van der Waals surface area contributed by atoms with Crippen LogP contribution in [0, 0.1) is 0 Å². The van der Waals surface area contributed by atoms with Crippen LogP contribution in [0.5, 0.6) is 5.75 Å². The van der Waals surface area contributed by atoms with Crippen molar-refractivity contribution in [2.45, 2.75) is 6.42 Å². The second kappa shape index (κ2) is 3.61. The number of carbonyl (C=O) groups excluding carboxylic acids is 2. The van der Waals surface area contributed by atoms with Crippen molar-refractivity contribution < 1.29 is 14.3 Å². The number of nitrogens with one attached hydrogen (secondary N) is 1. The molecule has 0 aliphatic carbocycles. The van der Waals surface area contributed by atoms with Crippen molar-refractivity contribution in [3.8, 4) is 5.75 Å². The first-order valence-electron chi connectivity index (χ1n) is 4.48. The second-order valence-corrected chi connectivity index (χ2v) is 3.11. The number of nitrogens with zero attached hydrogens (tertiary/aromatic N) is 1. The van der Waals surface area contributed by atoms with Crippen molar-refractivity contribution in [2.24, 2.45) is 0 Å².